The van der Waals surface area contributed by atoms with Crippen LogP contribution in [0.15, 0.2) is 54.7 Å². The standard InChI is InChI=1S/C22H25N3O2/c1-2-27-22(26)17-4-7-19(8-5-17)24-12-10-20(11-13-24)25-14-9-16-3-6-18(23)15-21(16)25/h3-9,14-15,20H,2,10-13,23H2,1H3. The van der Waals surface area contributed by atoms with Crippen LogP contribution in [0, 0.1) is 0 Å². The maximum Gasteiger partial charge on any atom is 0.338 e. The summed E-state index contributed by atoms with van der Waals surface area (Å²) in [5, 5.41) is 1.24. The van der Waals surface area contributed by atoms with Crippen molar-refractivity contribution in [3.8, 4) is 0 Å². The van der Waals surface area contributed by atoms with E-state index in [2.05, 4.69) is 33.9 Å². The van der Waals surface area contributed by atoms with Crippen molar-refractivity contribution in [1.29, 1.82) is 0 Å². The molecule has 0 radical (unpaired) electrons. The first-order valence-corrected chi connectivity index (χ1v) is 9.54. The van der Waals surface area contributed by atoms with Gasteiger partial charge in [-0.2, -0.15) is 0 Å². The van der Waals surface area contributed by atoms with Gasteiger partial charge in [0.15, 0.2) is 0 Å². The second-order valence-electron chi connectivity index (χ2n) is 7.03. The summed E-state index contributed by atoms with van der Waals surface area (Å²) in [6.45, 7) is 4.20. The Kier molecular flexibility index (Phi) is 4.75. The van der Waals surface area contributed by atoms with E-state index < -0.39 is 0 Å². The summed E-state index contributed by atoms with van der Waals surface area (Å²) in [7, 11) is 0. The van der Waals surface area contributed by atoms with Crippen LogP contribution in [0.25, 0.3) is 10.9 Å². The van der Waals surface area contributed by atoms with Crippen molar-refractivity contribution in [3.05, 3.63) is 60.3 Å². The van der Waals surface area contributed by atoms with Gasteiger partial charge in [0.1, 0.15) is 0 Å². The molecule has 2 N–H and O–H groups in total. The van der Waals surface area contributed by atoms with Gasteiger partial charge in [-0.1, -0.05) is 6.07 Å². The lowest BCUT2D eigenvalue weighted by Crippen LogP contribution is -2.34. The summed E-state index contributed by atoms with van der Waals surface area (Å²) in [6.07, 6.45) is 4.34. The van der Waals surface area contributed by atoms with Crippen LogP contribution in [0.1, 0.15) is 36.2 Å². The highest BCUT2D eigenvalue weighted by Crippen LogP contribution is 2.30. The molecule has 0 unspecified atom stereocenters. The number of piperidine rings is 1. The first-order chi connectivity index (χ1) is 13.2. The smallest absolute Gasteiger partial charge is 0.338 e. The molecule has 2 aromatic carbocycles. The molecule has 0 saturated carbocycles. The Balaban J connectivity index is 1.44. The van der Waals surface area contributed by atoms with Crippen LogP contribution in [-0.2, 0) is 4.74 Å². The molecule has 27 heavy (non-hydrogen) atoms. The monoisotopic (exact) mass is 363 g/mol. The van der Waals surface area contributed by atoms with Crippen LogP contribution in [0.3, 0.4) is 0 Å². The van der Waals surface area contributed by atoms with E-state index in [-0.39, 0.29) is 5.97 Å². The lowest BCUT2D eigenvalue weighted by molar-refractivity contribution is 0.0526. The topological polar surface area (TPSA) is 60.5 Å². The minimum atomic E-state index is -0.262. The number of nitrogens with zero attached hydrogens (tertiary/aromatic N) is 2. The summed E-state index contributed by atoms with van der Waals surface area (Å²) in [5.74, 6) is -0.262. The number of ether oxygens (including phenoxy) is 1. The third kappa shape index (κ3) is 3.50. The quantitative estimate of drug-likeness (QED) is 0.556. The fraction of sp³-hybridized carbons (Fsp3) is 0.318. The molecule has 5 nitrogen and oxygen atoms in total. The molecule has 0 spiro atoms. The van der Waals surface area contributed by atoms with Crippen molar-refractivity contribution in [2.24, 2.45) is 0 Å². The number of carbonyl (C=O) groups is 1. The average Bonchev–Trinajstić information content (AvgIpc) is 3.11. The Hall–Kier alpha value is -2.95. The molecule has 1 aliphatic heterocycles. The number of esters is 1. The van der Waals surface area contributed by atoms with Crippen molar-refractivity contribution < 1.29 is 9.53 Å². The van der Waals surface area contributed by atoms with Crippen molar-refractivity contribution >= 4 is 28.2 Å². The Morgan fingerprint density at radius 1 is 1.11 bits per heavy atom. The zero-order valence-electron chi connectivity index (χ0n) is 15.6. The molecule has 3 aromatic rings. The fourth-order valence-corrected chi connectivity index (χ4v) is 3.91. The normalized spacial score (nSPS) is 15.2. The number of anilines is 2. The molecule has 0 amide bonds. The Bertz CT molecular complexity index is 938. The van der Waals surface area contributed by atoms with Gasteiger partial charge in [0.25, 0.3) is 0 Å². The van der Waals surface area contributed by atoms with Crippen LogP contribution in [-0.4, -0.2) is 30.2 Å². The highest BCUT2D eigenvalue weighted by Gasteiger charge is 2.22. The highest BCUT2D eigenvalue weighted by molar-refractivity contribution is 5.89. The minimum absolute atomic E-state index is 0.262. The molecular weight excluding hydrogens is 338 g/mol. The third-order valence-electron chi connectivity index (χ3n) is 5.35. The number of nitrogen functional groups attached to an aromatic ring is 1. The van der Waals surface area contributed by atoms with Gasteiger partial charge in [-0.25, -0.2) is 4.79 Å². The Morgan fingerprint density at radius 3 is 2.56 bits per heavy atom. The molecule has 0 aliphatic carbocycles. The second kappa shape index (κ2) is 7.35. The van der Waals surface area contributed by atoms with Gasteiger partial charge in [0.2, 0.25) is 0 Å². The van der Waals surface area contributed by atoms with E-state index in [0.29, 0.717) is 18.2 Å². The minimum Gasteiger partial charge on any atom is -0.462 e. The molecule has 140 valence electrons. The van der Waals surface area contributed by atoms with E-state index in [9.17, 15) is 4.79 Å². The number of hydrogen-bond acceptors (Lipinski definition) is 4. The Morgan fingerprint density at radius 2 is 1.85 bits per heavy atom. The van der Waals surface area contributed by atoms with Gasteiger partial charge in [-0.3, -0.25) is 0 Å². The zero-order chi connectivity index (χ0) is 18.8. The van der Waals surface area contributed by atoms with Gasteiger partial charge < -0.3 is 19.9 Å². The van der Waals surface area contributed by atoms with Crippen molar-refractivity contribution in [1.82, 2.24) is 4.57 Å². The molecule has 0 bridgehead atoms. The number of nitrogens with two attached hydrogens (primary N) is 1. The SMILES string of the molecule is CCOC(=O)c1ccc(N2CCC(n3ccc4ccc(N)cc43)CC2)cc1. The van der Waals surface area contributed by atoms with Crippen LogP contribution < -0.4 is 10.6 Å². The molecular formula is C22H25N3O2. The molecule has 2 heterocycles. The number of hydrogen-bond donors (Lipinski definition) is 1. The lowest BCUT2D eigenvalue weighted by Gasteiger charge is -2.34. The first-order valence-electron chi connectivity index (χ1n) is 9.54. The number of rotatable bonds is 4. The van der Waals surface area contributed by atoms with Crippen molar-refractivity contribution in [2.45, 2.75) is 25.8 Å². The summed E-state index contributed by atoms with van der Waals surface area (Å²) < 4.78 is 7.42. The van der Waals surface area contributed by atoms with Gasteiger partial charge in [0, 0.05) is 36.7 Å². The molecule has 1 aliphatic rings. The van der Waals surface area contributed by atoms with Crippen LogP contribution >= 0.6 is 0 Å². The van der Waals surface area contributed by atoms with Gasteiger partial charge in [-0.15, -0.1) is 0 Å². The molecule has 1 saturated heterocycles. The molecule has 5 heteroatoms. The number of benzene rings is 2. The largest absolute Gasteiger partial charge is 0.462 e. The van der Waals surface area contributed by atoms with Crippen LogP contribution in [0.5, 0.6) is 0 Å². The fourth-order valence-electron chi connectivity index (χ4n) is 3.91. The van der Waals surface area contributed by atoms with E-state index in [1.165, 1.54) is 10.9 Å². The predicted molar refractivity (Wildman–Crippen MR) is 109 cm³/mol. The molecule has 0 atom stereocenters. The predicted octanol–water partition coefficient (Wildman–Crippen LogP) is 4.24. The molecule has 1 aromatic heterocycles. The molecule has 1 fully saturated rings. The maximum absolute atomic E-state index is 11.8. The lowest BCUT2D eigenvalue weighted by atomic mass is 10.0. The van der Waals surface area contributed by atoms with Crippen LogP contribution in [0.2, 0.25) is 0 Å². The van der Waals surface area contributed by atoms with E-state index in [1.807, 2.05) is 37.3 Å². The summed E-state index contributed by atoms with van der Waals surface area (Å²) in [6, 6.07) is 16.5. The van der Waals surface area contributed by atoms with E-state index in [0.717, 1.165) is 37.3 Å². The van der Waals surface area contributed by atoms with Gasteiger partial charge in [-0.05, 0) is 67.6 Å². The Labute approximate surface area is 159 Å². The van der Waals surface area contributed by atoms with E-state index in [1.54, 1.807) is 0 Å². The second-order valence-corrected chi connectivity index (χ2v) is 7.03. The van der Waals surface area contributed by atoms with Crippen LogP contribution in [0.4, 0.5) is 11.4 Å². The summed E-state index contributed by atoms with van der Waals surface area (Å²) in [4.78, 5) is 14.2. The van der Waals surface area contributed by atoms with Crippen molar-refractivity contribution in [2.75, 3.05) is 30.3 Å². The summed E-state index contributed by atoms with van der Waals surface area (Å²) in [5.41, 5.74) is 9.76. The average molecular weight is 363 g/mol. The van der Waals surface area contributed by atoms with E-state index in [4.69, 9.17) is 10.5 Å². The molecule has 4 rings (SSSR count). The van der Waals surface area contributed by atoms with E-state index >= 15 is 0 Å². The number of fused-ring (bicyclic) bond motifs is 1. The zero-order valence-corrected chi connectivity index (χ0v) is 15.6. The first kappa shape index (κ1) is 17.5. The summed E-state index contributed by atoms with van der Waals surface area (Å²) >= 11 is 0. The van der Waals surface area contributed by atoms with Crippen molar-refractivity contribution in [3.63, 3.8) is 0 Å². The highest BCUT2D eigenvalue weighted by atomic mass is 16.5. The van der Waals surface area contributed by atoms with Gasteiger partial charge in [0.05, 0.1) is 17.7 Å². The number of aromatic nitrogens is 1. The maximum atomic E-state index is 11.8. The number of carbonyl (C=O) groups excluding carboxylic acids is 1. The van der Waals surface area contributed by atoms with Gasteiger partial charge >= 0.3 is 5.97 Å². The third-order valence-corrected chi connectivity index (χ3v) is 5.35.